The molecule has 3 N–H and O–H groups in total. The molecule has 0 saturated carbocycles. The number of H-pyrrole nitrogens is 2. The maximum absolute atomic E-state index is 12.0. The first-order valence-electron chi connectivity index (χ1n) is 7.27. The number of thiazole rings is 1. The van der Waals surface area contributed by atoms with Gasteiger partial charge in [0.1, 0.15) is 0 Å². The first-order valence-corrected chi connectivity index (χ1v) is 8.09. The summed E-state index contributed by atoms with van der Waals surface area (Å²) in [6, 6.07) is 0. The van der Waals surface area contributed by atoms with E-state index in [-0.39, 0.29) is 11.2 Å². The molecule has 2 heterocycles. The number of aromatic nitrogens is 4. The van der Waals surface area contributed by atoms with Gasteiger partial charge in [0.25, 0.3) is 5.91 Å². The standard InChI is InChI=1S/C14H19N5O2S/c1-14(2,3)7-4-5-8-9(6-7)22-13(15-8)17-11(20)10-16-12(21)19-18-10/h7H,4-6H2,1-3H3,(H,15,17,20)(H2,16,18,19,21)/t7-/m1/s1. The van der Waals surface area contributed by atoms with Crippen molar-refractivity contribution in [3.8, 4) is 0 Å². The number of hydrogen-bond donors (Lipinski definition) is 3. The van der Waals surface area contributed by atoms with Gasteiger partial charge in [-0.25, -0.2) is 14.9 Å². The summed E-state index contributed by atoms with van der Waals surface area (Å²) in [6.07, 6.45) is 3.08. The van der Waals surface area contributed by atoms with Gasteiger partial charge in [-0.3, -0.25) is 15.1 Å². The molecule has 0 bridgehead atoms. The van der Waals surface area contributed by atoms with Crippen molar-refractivity contribution in [2.75, 3.05) is 5.32 Å². The van der Waals surface area contributed by atoms with Gasteiger partial charge in [0.05, 0.1) is 5.69 Å². The Morgan fingerprint density at radius 1 is 1.41 bits per heavy atom. The van der Waals surface area contributed by atoms with Crippen molar-refractivity contribution in [1.29, 1.82) is 0 Å². The number of rotatable bonds is 2. The third-order valence-corrected chi connectivity index (χ3v) is 5.14. The number of anilines is 1. The smallest absolute Gasteiger partial charge is 0.295 e. The lowest BCUT2D eigenvalue weighted by atomic mass is 9.73. The molecule has 3 rings (SSSR count). The molecule has 0 aromatic carbocycles. The van der Waals surface area contributed by atoms with Crippen LogP contribution in [0.5, 0.6) is 0 Å². The van der Waals surface area contributed by atoms with Crippen LogP contribution in [-0.4, -0.2) is 26.1 Å². The number of hydrogen-bond acceptors (Lipinski definition) is 5. The van der Waals surface area contributed by atoms with Crippen LogP contribution in [-0.2, 0) is 12.8 Å². The molecule has 1 aliphatic carbocycles. The minimum atomic E-state index is -0.503. The molecule has 0 saturated heterocycles. The van der Waals surface area contributed by atoms with Crippen molar-refractivity contribution in [3.63, 3.8) is 0 Å². The zero-order valence-corrected chi connectivity index (χ0v) is 13.6. The summed E-state index contributed by atoms with van der Waals surface area (Å²) in [5, 5.41) is 9.04. The van der Waals surface area contributed by atoms with Crippen LogP contribution < -0.4 is 11.0 Å². The Kier molecular flexibility index (Phi) is 3.64. The summed E-state index contributed by atoms with van der Waals surface area (Å²) in [6.45, 7) is 6.79. The van der Waals surface area contributed by atoms with Gasteiger partial charge in [-0.1, -0.05) is 20.8 Å². The van der Waals surface area contributed by atoms with Crippen molar-refractivity contribution < 1.29 is 4.79 Å². The fraction of sp³-hybridized carbons (Fsp3) is 0.571. The van der Waals surface area contributed by atoms with Crippen LogP contribution in [0, 0.1) is 11.3 Å². The van der Waals surface area contributed by atoms with Gasteiger partial charge in [0.2, 0.25) is 5.82 Å². The van der Waals surface area contributed by atoms with Crippen LogP contribution in [0.25, 0.3) is 0 Å². The normalized spacial score (nSPS) is 18.0. The zero-order valence-electron chi connectivity index (χ0n) is 12.8. The predicted octanol–water partition coefficient (Wildman–Crippen LogP) is 1.96. The summed E-state index contributed by atoms with van der Waals surface area (Å²) >= 11 is 1.51. The van der Waals surface area contributed by atoms with E-state index in [4.69, 9.17) is 0 Å². The maximum atomic E-state index is 12.0. The molecule has 8 heteroatoms. The van der Waals surface area contributed by atoms with E-state index >= 15 is 0 Å². The van der Waals surface area contributed by atoms with Gasteiger partial charge < -0.3 is 0 Å². The highest BCUT2D eigenvalue weighted by atomic mass is 32.1. The van der Waals surface area contributed by atoms with Crippen LogP contribution in [0.1, 0.15) is 48.4 Å². The number of fused-ring (bicyclic) bond motifs is 1. The Hall–Kier alpha value is -1.96. The van der Waals surface area contributed by atoms with Gasteiger partial charge in [0, 0.05) is 4.88 Å². The lowest BCUT2D eigenvalue weighted by molar-refractivity contribution is 0.101. The summed E-state index contributed by atoms with van der Waals surface area (Å²) in [5.74, 6) is 0.134. The fourth-order valence-electron chi connectivity index (χ4n) is 2.70. The molecule has 2 aromatic rings. The lowest BCUT2D eigenvalue weighted by Crippen LogP contribution is -2.26. The van der Waals surface area contributed by atoms with E-state index in [1.807, 2.05) is 0 Å². The Morgan fingerprint density at radius 2 is 2.18 bits per heavy atom. The third kappa shape index (κ3) is 2.96. The quantitative estimate of drug-likeness (QED) is 0.786. The van der Waals surface area contributed by atoms with Crippen molar-refractivity contribution in [3.05, 3.63) is 26.9 Å². The molecule has 7 nitrogen and oxygen atoms in total. The number of carbonyl (C=O) groups excluding carboxylic acids is 1. The molecular weight excluding hydrogens is 302 g/mol. The molecule has 0 unspecified atom stereocenters. The third-order valence-electron chi connectivity index (χ3n) is 4.10. The van der Waals surface area contributed by atoms with Gasteiger partial charge in [-0.15, -0.1) is 16.4 Å². The molecule has 0 aliphatic heterocycles. The van der Waals surface area contributed by atoms with E-state index in [1.54, 1.807) is 0 Å². The first kappa shape index (κ1) is 15.0. The number of aryl methyl sites for hydroxylation is 1. The second-order valence-electron chi connectivity index (χ2n) is 6.68. The van der Waals surface area contributed by atoms with E-state index in [2.05, 4.69) is 46.3 Å². The monoisotopic (exact) mass is 321 g/mol. The molecular formula is C14H19N5O2S. The Labute approximate surface area is 131 Å². The number of aromatic amines is 2. The molecule has 1 amide bonds. The largest absolute Gasteiger partial charge is 0.341 e. The molecule has 0 spiro atoms. The van der Waals surface area contributed by atoms with E-state index < -0.39 is 11.6 Å². The highest BCUT2D eigenvalue weighted by Gasteiger charge is 2.30. The molecule has 0 fully saturated rings. The summed E-state index contributed by atoms with van der Waals surface area (Å²) < 4.78 is 0. The lowest BCUT2D eigenvalue weighted by Gasteiger charge is -2.33. The maximum Gasteiger partial charge on any atom is 0.341 e. The van der Waals surface area contributed by atoms with E-state index in [0.717, 1.165) is 25.0 Å². The van der Waals surface area contributed by atoms with Crippen LogP contribution in [0.2, 0.25) is 0 Å². The molecule has 0 radical (unpaired) electrons. The number of carbonyl (C=O) groups is 1. The first-order chi connectivity index (χ1) is 10.3. The molecule has 1 atom stereocenters. The van der Waals surface area contributed by atoms with Crippen LogP contribution in [0.4, 0.5) is 5.13 Å². The Balaban J connectivity index is 1.74. The number of amides is 1. The Morgan fingerprint density at radius 3 is 2.82 bits per heavy atom. The Bertz CT molecular complexity index is 752. The SMILES string of the molecule is CC(C)(C)[C@@H]1CCc2nc(NC(=O)c3n[nH]c(=O)[nH]3)sc2C1. The van der Waals surface area contributed by atoms with Crippen molar-refractivity contribution >= 4 is 22.4 Å². The van der Waals surface area contributed by atoms with Crippen molar-refractivity contribution in [1.82, 2.24) is 20.2 Å². The van der Waals surface area contributed by atoms with E-state index in [1.165, 1.54) is 16.2 Å². The van der Waals surface area contributed by atoms with Gasteiger partial charge in [0.15, 0.2) is 5.13 Å². The fourth-order valence-corrected chi connectivity index (χ4v) is 3.78. The highest BCUT2D eigenvalue weighted by Crippen LogP contribution is 2.40. The highest BCUT2D eigenvalue weighted by molar-refractivity contribution is 7.15. The molecule has 1 aliphatic rings. The molecule has 118 valence electrons. The zero-order chi connectivity index (χ0) is 15.9. The summed E-state index contributed by atoms with van der Waals surface area (Å²) in [7, 11) is 0. The van der Waals surface area contributed by atoms with E-state index in [0.29, 0.717) is 11.0 Å². The number of nitrogens with one attached hydrogen (secondary N) is 3. The minimum absolute atomic E-state index is 0.0364. The van der Waals surface area contributed by atoms with Crippen LogP contribution in [0.3, 0.4) is 0 Å². The number of nitrogens with zero attached hydrogens (tertiary/aromatic N) is 2. The van der Waals surface area contributed by atoms with Crippen molar-refractivity contribution in [2.45, 2.75) is 40.0 Å². The van der Waals surface area contributed by atoms with Crippen LogP contribution >= 0.6 is 11.3 Å². The average molecular weight is 321 g/mol. The van der Waals surface area contributed by atoms with Gasteiger partial charge in [-0.05, 0) is 30.6 Å². The predicted molar refractivity (Wildman–Crippen MR) is 84.2 cm³/mol. The molecule has 22 heavy (non-hydrogen) atoms. The molecule has 2 aromatic heterocycles. The van der Waals surface area contributed by atoms with Crippen LogP contribution in [0.15, 0.2) is 4.79 Å². The van der Waals surface area contributed by atoms with E-state index in [9.17, 15) is 9.59 Å². The van der Waals surface area contributed by atoms with Crippen molar-refractivity contribution in [2.24, 2.45) is 11.3 Å². The van der Waals surface area contributed by atoms with Gasteiger partial charge >= 0.3 is 5.69 Å². The second kappa shape index (κ2) is 5.35. The second-order valence-corrected chi connectivity index (χ2v) is 7.76. The minimum Gasteiger partial charge on any atom is -0.295 e. The summed E-state index contributed by atoms with van der Waals surface area (Å²) in [5.41, 5.74) is 0.854. The topological polar surface area (TPSA) is 104 Å². The van der Waals surface area contributed by atoms with Gasteiger partial charge in [-0.2, -0.15) is 0 Å². The summed E-state index contributed by atoms with van der Waals surface area (Å²) in [4.78, 5) is 31.0. The average Bonchev–Trinajstić information content (AvgIpc) is 3.02.